The van der Waals surface area contributed by atoms with E-state index in [1.165, 1.54) is 33.5 Å². The molecule has 3 aromatic rings. The molecule has 7 heteroatoms. The average molecular weight is 434 g/mol. The third-order valence-corrected chi connectivity index (χ3v) is 4.91. The van der Waals surface area contributed by atoms with Gasteiger partial charge in [-0.3, -0.25) is 9.59 Å². The normalized spacial score (nSPS) is 10.4. The Morgan fingerprint density at radius 1 is 0.781 bits per heavy atom. The highest BCUT2D eigenvalue weighted by Crippen LogP contribution is 2.38. The van der Waals surface area contributed by atoms with Crippen LogP contribution in [0.3, 0.4) is 0 Å². The van der Waals surface area contributed by atoms with Crippen molar-refractivity contribution in [3.63, 3.8) is 0 Å². The van der Waals surface area contributed by atoms with Crippen LogP contribution in [0.4, 0.5) is 0 Å². The highest BCUT2D eigenvalue weighted by molar-refractivity contribution is 5.97. The molecular weight excluding hydrogens is 408 g/mol. The van der Waals surface area contributed by atoms with E-state index in [0.717, 1.165) is 11.1 Å². The Balaban J connectivity index is 1.71. The molecule has 0 aliphatic carbocycles. The van der Waals surface area contributed by atoms with Crippen molar-refractivity contribution in [3.8, 4) is 17.2 Å². The molecule has 0 aromatic heterocycles. The maximum atomic E-state index is 12.7. The molecule has 0 atom stereocenters. The molecule has 0 fully saturated rings. The number of carbonyl (C=O) groups is 2. The Hall–Kier alpha value is -4.00. The first-order valence-corrected chi connectivity index (χ1v) is 10.0. The van der Waals surface area contributed by atoms with Gasteiger partial charge in [0.05, 0.1) is 33.9 Å². The summed E-state index contributed by atoms with van der Waals surface area (Å²) in [4.78, 5) is 25.4. The third-order valence-electron chi connectivity index (χ3n) is 4.91. The summed E-state index contributed by atoms with van der Waals surface area (Å²) >= 11 is 0. The molecule has 2 amide bonds. The molecule has 0 aliphatic heterocycles. The number of hydrogen-bond acceptors (Lipinski definition) is 5. The molecule has 3 aromatic carbocycles. The molecule has 3 rings (SSSR count). The maximum Gasteiger partial charge on any atom is 0.251 e. The number of nitrogens with one attached hydrogen (secondary N) is 2. The zero-order chi connectivity index (χ0) is 22.9. The van der Waals surface area contributed by atoms with E-state index in [1.807, 2.05) is 60.7 Å². The lowest BCUT2D eigenvalue weighted by atomic mass is 9.99. The number of rotatable bonds is 9. The van der Waals surface area contributed by atoms with Crippen molar-refractivity contribution in [2.45, 2.75) is 6.04 Å². The number of benzene rings is 3. The van der Waals surface area contributed by atoms with Crippen LogP contribution < -0.4 is 24.8 Å². The minimum atomic E-state index is -0.435. The van der Waals surface area contributed by atoms with E-state index in [2.05, 4.69) is 10.6 Å². The number of methoxy groups -OCH3 is 3. The quantitative estimate of drug-likeness (QED) is 0.540. The van der Waals surface area contributed by atoms with E-state index in [9.17, 15) is 9.59 Å². The van der Waals surface area contributed by atoms with Crippen LogP contribution in [0.1, 0.15) is 27.5 Å². The van der Waals surface area contributed by atoms with Gasteiger partial charge >= 0.3 is 0 Å². The molecule has 32 heavy (non-hydrogen) atoms. The number of hydrogen-bond donors (Lipinski definition) is 2. The van der Waals surface area contributed by atoms with Crippen molar-refractivity contribution in [1.82, 2.24) is 10.6 Å². The monoisotopic (exact) mass is 434 g/mol. The Kier molecular flexibility index (Phi) is 7.70. The Morgan fingerprint density at radius 3 is 1.72 bits per heavy atom. The largest absolute Gasteiger partial charge is 0.493 e. The predicted molar refractivity (Wildman–Crippen MR) is 121 cm³/mol. The van der Waals surface area contributed by atoms with Gasteiger partial charge in [-0.15, -0.1) is 0 Å². The predicted octanol–water partition coefficient (Wildman–Crippen LogP) is 3.35. The first-order valence-electron chi connectivity index (χ1n) is 10.0. The highest BCUT2D eigenvalue weighted by Gasteiger charge is 2.19. The van der Waals surface area contributed by atoms with E-state index in [4.69, 9.17) is 14.2 Å². The van der Waals surface area contributed by atoms with Gasteiger partial charge in [-0.2, -0.15) is 0 Å². The Labute approximate surface area is 187 Å². The standard InChI is InChI=1S/C25H26N2O5/c1-30-20-14-19(15-21(31-2)24(20)32-3)25(29)26-16-22(28)27-23(17-10-6-4-7-11-17)18-12-8-5-9-13-18/h4-15,23H,16H2,1-3H3,(H,26,29)(H,27,28). The van der Waals surface area contributed by atoms with Crippen LogP contribution in [0.2, 0.25) is 0 Å². The topological polar surface area (TPSA) is 85.9 Å². The maximum absolute atomic E-state index is 12.7. The molecule has 2 N–H and O–H groups in total. The van der Waals surface area contributed by atoms with Crippen molar-refractivity contribution in [2.75, 3.05) is 27.9 Å². The molecule has 0 aliphatic rings. The van der Waals surface area contributed by atoms with Crippen LogP contribution in [0.15, 0.2) is 72.8 Å². The molecule has 0 radical (unpaired) electrons. The van der Waals surface area contributed by atoms with Crippen LogP contribution >= 0.6 is 0 Å². The zero-order valence-electron chi connectivity index (χ0n) is 18.3. The summed E-state index contributed by atoms with van der Waals surface area (Å²) in [5.74, 6) is 0.348. The van der Waals surface area contributed by atoms with Crippen LogP contribution in [-0.2, 0) is 4.79 Å². The van der Waals surface area contributed by atoms with Crippen LogP contribution in [0.5, 0.6) is 17.2 Å². The lowest BCUT2D eigenvalue weighted by molar-refractivity contribution is -0.120. The highest BCUT2D eigenvalue weighted by atomic mass is 16.5. The summed E-state index contributed by atoms with van der Waals surface area (Å²) in [6.07, 6.45) is 0. The van der Waals surface area contributed by atoms with Crippen molar-refractivity contribution in [2.24, 2.45) is 0 Å². The second-order valence-corrected chi connectivity index (χ2v) is 6.92. The SMILES string of the molecule is COc1cc(C(=O)NCC(=O)NC(c2ccccc2)c2ccccc2)cc(OC)c1OC. The van der Waals surface area contributed by atoms with Crippen molar-refractivity contribution >= 4 is 11.8 Å². The summed E-state index contributed by atoms with van der Waals surface area (Å²) in [6, 6.07) is 22.1. The van der Waals surface area contributed by atoms with Crippen molar-refractivity contribution in [3.05, 3.63) is 89.5 Å². The average Bonchev–Trinajstić information content (AvgIpc) is 2.85. The Bertz CT molecular complexity index is 990. The lowest BCUT2D eigenvalue weighted by Crippen LogP contribution is -2.39. The molecule has 0 unspecified atom stereocenters. The van der Waals surface area contributed by atoms with Crippen LogP contribution in [0.25, 0.3) is 0 Å². The van der Waals surface area contributed by atoms with E-state index in [0.29, 0.717) is 17.2 Å². The van der Waals surface area contributed by atoms with Gasteiger partial charge < -0.3 is 24.8 Å². The third kappa shape index (κ3) is 5.37. The lowest BCUT2D eigenvalue weighted by Gasteiger charge is -2.20. The van der Waals surface area contributed by atoms with Crippen LogP contribution in [-0.4, -0.2) is 39.7 Å². The van der Waals surface area contributed by atoms with Gasteiger partial charge in [0, 0.05) is 5.56 Å². The van der Waals surface area contributed by atoms with Crippen molar-refractivity contribution in [1.29, 1.82) is 0 Å². The first-order chi connectivity index (χ1) is 15.6. The van der Waals surface area contributed by atoms with Crippen LogP contribution in [0, 0.1) is 0 Å². The van der Waals surface area contributed by atoms with E-state index in [-0.39, 0.29) is 24.1 Å². The van der Waals surface area contributed by atoms with Gasteiger partial charge in [-0.05, 0) is 23.3 Å². The molecule has 166 valence electrons. The molecule has 7 nitrogen and oxygen atoms in total. The fourth-order valence-corrected chi connectivity index (χ4v) is 3.34. The van der Waals surface area contributed by atoms with E-state index < -0.39 is 5.91 Å². The summed E-state index contributed by atoms with van der Waals surface area (Å²) in [7, 11) is 4.43. The fraction of sp³-hybridized carbons (Fsp3) is 0.200. The second-order valence-electron chi connectivity index (χ2n) is 6.92. The summed E-state index contributed by atoms with van der Waals surface area (Å²) in [6.45, 7) is -0.189. The fourth-order valence-electron chi connectivity index (χ4n) is 3.34. The number of ether oxygens (including phenoxy) is 3. The number of carbonyl (C=O) groups excluding carboxylic acids is 2. The minimum Gasteiger partial charge on any atom is -0.493 e. The number of amides is 2. The zero-order valence-corrected chi connectivity index (χ0v) is 18.3. The molecular formula is C25H26N2O5. The smallest absolute Gasteiger partial charge is 0.251 e. The van der Waals surface area contributed by atoms with Crippen molar-refractivity contribution < 1.29 is 23.8 Å². The first kappa shape index (κ1) is 22.7. The van der Waals surface area contributed by atoms with E-state index >= 15 is 0 Å². The minimum absolute atomic E-state index is 0.189. The van der Waals surface area contributed by atoms with Gasteiger partial charge in [0.2, 0.25) is 11.7 Å². The summed E-state index contributed by atoms with van der Waals surface area (Å²) in [5.41, 5.74) is 2.18. The Morgan fingerprint density at radius 2 is 1.28 bits per heavy atom. The summed E-state index contributed by atoms with van der Waals surface area (Å²) in [5, 5.41) is 5.64. The van der Waals surface area contributed by atoms with Gasteiger partial charge in [0.25, 0.3) is 5.91 Å². The molecule has 0 spiro atoms. The van der Waals surface area contributed by atoms with Gasteiger partial charge in [0.1, 0.15) is 0 Å². The summed E-state index contributed by atoms with van der Waals surface area (Å²) < 4.78 is 15.8. The molecule has 0 saturated carbocycles. The van der Waals surface area contributed by atoms with Gasteiger partial charge in [0.15, 0.2) is 11.5 Å². The molecule has 0 bridgehead atoms. The molecule has 0 saturated heterocycles. The van der Waals surface area contributed by atoms with E-state index in [1.54, 1.807) is 0 Å². The van der Waals surface area contributed by atoms with Gasteiger partial charge in [-0.1, -0.05) is 60.7 Å². The molecule has 0 heterocycles. The second kappa shape index (κ2) is 10.9. The van der Waals surface area contributed by atoms with Gasteiger partial charge in [-0.25, -0.2) is 0 Å².